The molecule has 0 aliphatic carbocycles. The van der Waals surface area contributed by atoms with Gasteiger partial charge in [-0.2, -0.15) is 4.98 Å². The maximum Gasteiger partial charge on any atom is 0.335 e. The molecule has 2 N–H and O–H groups in total. The van der Waals surface area contributed by atoms with Gasteiger partial charge in [-0.15, -0.1) is 0 Å². The van der Waals surface area contributed by atoms with E-state index in [4.69, 9.17) is 4.74 Å². The Kier molecular flexibility index (Phi) is 6.06. The standard InChI is InChI=1S/C17H21N5O4S2/c1-4-8-22-10-12-6-5-7-13(15(12)27-22)28(24,25)21-17(23)20-16-18-11(2)9-14(19-16)26-3/h5-7,9H,4,8,10H2,1-3H3,(H2,18,19,20,21,23). The van der Waals surface area contributed by atoms with Gasteiger partial charge in [0.2, 0.25) is 11.8 Å². The fourth-order valence-electron chi connectivity index (χ4n) is 2.73. The molecule has 0 atom stereocenters. The molecule has 0 radical (unpaired) electrons. The third kappa shape index (κ3) is 4.54. The van der Waals surface area contributed by atoms with E-state index in [1.807, 2.05) is 10.8 Å². The van der Waals surface area contributed by atoms with Crippen LogP contribution in [0.4, 0.5) is 10.7 Å². The van der Waals surface area contributed by atoms with E-state index in [2.05, 4.69) is 26.5 Å². The first-order valence-corrected chi connectivity index (χ1v) is 10.9. The Hall–Kier alpha value is -2.37. The number of methoxy groups -OCH3 is 1. The first-order valence-electron chi connectivity index (χ1n) is 8.60. The fourth-order valence-corrected chi connectivity index (χ4v) is 5.35. The SMILES string of the molecule is CCCN1Cc2cccc(S(=O)(=O)NC(=O)Nc3nc(C)cc(OC)n3)c2S1. The second-order valence-electron chi connectivity index (χ2n) is 6.13. The molecule has 28 heavy (non-hydrogen) atoms. The number of aryl methyl sites for hydroxylation is 1. The van der Waals surface area contributed by atoms with Crippen LogP contribution in [-0.4, -0.2) is 42.4 Å². The molecular weight excluding hydrogens is 402 g/mol. The third-order valence-electron chi connectivity index (χ3n) is 3.88. The number of rotatable bonds is 6. The molecule has 11 heteroatoms. The maximum atomic E-state index is 12.8. The summed E-state index contributed by atoms with van der Waals surface area (Å²) in [6.45, 7) is 5.28. The molecule has 0 fully saturated rings. The van der Waals surface area contributed by atoms with Gasteiger partial charge in [-0.3, -0.25) is 5.32 Å². The first-order chi connectivity index (χ1) is 13.3. The summed E-state index contributed by atoms with van der Waals surface area (Å²) >= 11 is 1.39. The highest BCUT2D eigenvalue weighted by atomic mass is 32.2. The zero-order chi connectivity index (χ0) is 20.3. The molecule has 2 aromatic rings. The van der Waals surface area contributed by atoms with Gasteiger partial charge in [-0.25, -0.2) is 27.2 Å². The van der Waals surface area contributed by atoms with E-state index in [0.717, 1.165) is 18.5 Å². The first kappa shape index (κ1) is 20.4. The molecule has 3 rings (SSSR count). The molecule has 0 saturated carbocycles. The monoisotopic (exact) mass is 423 g/mol. The Morgan fingerprint density at radius 3 is 2.86 bits per heavy atom. The van der Waals surface area contributed by atoms with Crippen molar-refractivity contribution in [1.29, 1.82) is 0 Å². The lowest BCUT2D eigenvalue weighted by atomic mass is 10.2. The molecule has 1 aromatic carbocycles. The van der Waals surface area contributed by atoms with E-state index in [-0.39, 0.29) is 16.7 Å². The highest BCUT2D eigenvalue weighted by Crippen LogP contribution is 2.40. The molecule has 2 amide bonds. The summed E-state index contributed by atoms with van der Waals surface area (Å²) in [5, 5.41) is 2.33. The van der Waals surface area contributed by atoms with Crippen LogP contribution in [0.25, 0.3) is 0 Å². The zero-order valence-corrected chi connectivity index (χ0v) is 17.4. The van der Waals surface area contributed by atoms with Crippen LogP contribution in [0, 0.1) is 6.92 Å². The summed E-state index contributed by atoms with van der Waals surface area (Å²) in [6.07, 6.45) is 0.962. The van der Waals surface area contributed by atoms with E-state index < -0.39 is 16.1 Å². The number of carbonyl (C=O) groups is 1. The molecule has 0 unspecified atom stereocenters. The molecule has 1 aromatic heterocycles. The van der Waals surface area contributed by atoms with Crippen LogP contribution in [0.3, 0.4) is 0 Å². The van der Waals surface area contributed by atoms with Crippen molar-refractivity contribution in [3.8, 4) is 5.88 Å². The van der Waals surface area contributed by atoms with E-state index in [9.17, 15) is 13.2 Å². The largest absolute Gasteiger partial charge is 0.481 e. The molecule has 0 spiro atoms. The average Bonchev–Trinajstić information content (AvgIpc) is 3.03. The van der Waals surface area contributed by atoms with Crippen LogP contribution in [-0.2, 0) is 16.6 Å². The molecule has 150 valence electrons. The van der Waals surface area contributed by atoms with Crippen LogP contribution in [0.15, 0.2) is 34.1 Å². The summed E-state index contributed by atoms with van der Waals surface area (Å²) in [5.41, 5.74) is 1.49. The predicted molar refractivity (Wildman–Crippen MR) is 106 cm³/mol. The quantitative estimate of drug-likeness (QED) is 0.682. The minimum atomic E-state index is -4.07. The third-order valence-corrected chi connectivity index (χ3v) is 6.62. The lowest BCUT2D eigenvalue weighted by molar-refractivity contribution is 0.256. The van der Waals surface area contributed by atoms with Gasteiger partial charge in [0.25, 0.3) is 10.0 Å². The van der Waals surface area contributed by atoms with Gasteiger partial charge in [0.1, 0.15) is 4.90 Å². The smallest absolute Gasteiger partial charge is 0.335 e. The van der Waals surface area contributed by atoms with E-state index >= 15 is 0 Å². The van der Waals surface area contributed by atoms with Crippen molar-refractivity contribution in [2.24, 2.45) is 0 Å². The molecule has 0 bridgehead atoms. The highest BCUT2D eigenvalue weighted by molar-refractivity contribution is 7.98. The number of sulfonamides is 1. The number of benzene rings is 1. The second-order valence-corrected chi connectivity index (χ2v) is 8.89. The van der Waals surface area contributed by atoms with Crippen molar-refractivity contribution in [2.75, 3.05) is 19.0 Å². The molecule has 0 saturated heterocycles. The summed E-state index contributed by atoms with van der Waals surface area (Å²) in [7, 11) is -2.63. The number of urea groups is 1. The average molecular weight is 424 g/mol. The predicted octanol–water partition coefficient (Wildman–Crippen LogP) is 2.54. The van der Waals surface area contributed by atoms with Gasteiger partial charge in [0.15, 0.2) is 0 Å². The number of anilines is 1. The minimum absolute atomic E-state index is 0.0497. The van der Waals surface area contributed by atoms with Crippen molar-refractivity contribution in [3.05, 3.63) is 35.5 Å². The number of aromatic nitrogens is 2. The number of fused-ring (bicyclic) bond motifs is 1. The normalized spacial score (nSPS) is 13.8. The molecule has 1 aliphatic rings. The Balaban J connectivity index is 1.77. The van der Waals surface area contributed by atoms with Crippen molar-refractivity contribution in [1.82, 2.24) is 19.0 Å². The lowest BCUT2D eigenvalue weighted by Gasteiger charge is -2.12. The minimum Gasteiger partial charge on any atom is -0.481 e. The van der Waals surface area contributed by atoms with Crippen LogP contribution < -0.4 is 14.8 Å². The van der Waals surface area contributed by atoms with E-state index in [1.165, 1.54) is 25.1 Å². The number of hydrogen-bond donors (Lipinski definition) is 2. The van der Waals surface area contributed by atoms with Gasteiger partial charge in [-0.1, -0.05) is 19.1 Å². The molecular formula is C17H21N5O4S2. The van der Waals surface area contributed by atoms with Gasteiger partial charge in [-0.05, 0) is 36.9 Å². The number of ether oxygens (including phenoxy) is 1. The molecule has 2 heterocycles. The van der Waals surface area contributed by atoms with Gasteiger partial charge in [0, 0.05) is 29.7 Å². The summed E-state index contributed by atoms with van der Waals surface area (Å²) in [6, 6.07) is 5.70. The van der Waals surface area contributed by atoms with Gasteiger partial charge >= 0.3 is 6.03 Å². The zero-order valence-electron chi connectivity index (χ0n) is 15.7. The number of nitrogens with zero attached hydrogens (tertiary/aromatic N) is 3. The Labute approximate surface area is 168 Å². The number of amides is 2. The maximum absolute atomic E-state index is 12.8. The van der Waals surface area contributed by atoms with E-state index in [0.29, 0.717) is 17.1 Å². The lowest BCUT2D eigenvalue weighted by Crippen LogP contribution is -2.35. The van der Waals surface area contributed by atoms with E-state index in [1.54, 1.807) is 19.1 Å². The summed E-state index contributed by atoms with van der Waals surface area (Å²) in [5.74, 6) is 0.213. The van der Waals surface area contributed by atoms with Gasteiger partial charge < -0.3 is 4.74 Å². The summed E-state index contributed by atoms with van der Waals surface area (Å²) in [4.78, 5) is 21.0. The van der Waals surface area contributed by atoms with Crippen LogP contribution in [0.5, 0.6) is 5.88 Å². The number of carbonyl (C=O) groups excluding carboxylic acids is 1. The van der Waals surface area contributed by atoms with Crippen molar-refractivity contribution in [2.45, 2.75) is 36.6 Å². The van der Waals surface area contributed by atoms with Crippen LogP contribution in [0.1, 0.15) is 24.6 Å². The van der Waals surface area contributed by atoms with Crippen LogP contribution in [0.2, 0.25) is 0 Å². The topological polar surface area (TPSA) is 114 Å². The van der Waals surface area contributed by atoms with Crippen molar-refractivity contribution in [3.63, 3.8) is 0 Å². The molecule has 9 nitrogen and oxygen atoms in total. The van der Waals surface area contributed by atoms with Crippen molar-refractivity contribution >= 4 is 34.0 Å². The summed E-state index contributed by atoms with van der Waals surface area (Å²) < 4.78 is 34.7. The second kappa shape index (κ2) is 8.33. The number of nitrogens with one attached hydrogen (secondary N) is 2. The number of hydrogen-bond acceptors (Lipinski definition) is 8. The Morgan fingerprint density at radius 1 is 1.36 bits per heavy atom. The van der Waals surface area contributed by atoms with Crippen LogP contribution >= 0.6 is 11.9 Å². The molecule has 1 aliphatic heterocycles. The Morgan fingerprint density at radius 2 is 2.14 bits per heavy atom. The Bertz CT molecular complexity index is 997. The fraction of sp³-hybridized carbons (Fsp3) is 0.353. The van der Waals surface area contributed by atoms with Crippen molar-refractivity contribution < 1.29 is 17.9 Å². The highest BCUT2D eigenvalue weighted by Gasteiger charge is 2.29. The van der Waals surface area contributed by atoms with Gasteiger partial charge in [0.05, 0.1) is 7.11 Å².